The second-order valence-electron chi connectivity index (χ2n) is 2.34. The molecule has 1 rings (SSSR count). The summed E-state index contributed by atoms with van der Waals surface area (Å²) >= 11 is 5.68. The molecule has 0 saturated heterocycles. The molecule has 1 aromatic rings. The van der Waals surface area contributed by atoms with Crippen molar-refractivity contribution >= 4 is 23.5 Å². The van der Waals surface area contributed by atoms with Gasteiger partial charge in [0, 0.05) is 5.02 Å². The van der Waals surface area contributed by atoms with Crippen LogP contribution in [0.15, 0.2) is 30.3 Å². The van der Waals surface area contributed by atoms with Gasteiger partial charge in [0.25, 0.3) is 0 Å². The van der Waals surface area contributed by atoms with Crippen LogP contribution in [0.3, 0.4) is 0 Å². The Morgan fingerprint density at radius 1 is 1.33 bits per heavy atom. The van der Waals surface area contributed by atoms with E-state index in [0.29, 0.717) is 5.02 Å². The molecule has 0 unspecified atom stereocenters. The summed E-state index contributed by atoms with van der Waals surface area (Å²) in [6, 6.07) is 7.31. The number of nitrogens with one attached hydrogen (secondary N) is 1. The Morgan fingerprint density at radius 2 is 1.92 bits per heavy atom. The minimum Gasteiger partial charge on any atom is -0.384 e. The van der Waals surface area contributed by atoms with Crippen LogP contribution in [0.5, 0.6) is 0 Å². The first-order chi connectivity index (χ1) is 5.68. The predicted molar refractivity (Wildman–Crippen MR) is 52.4 cm³/mol. The molecule has 0 radical (unpaired) electrons. The van der Waals surface area contributed by atoms with Gasteiger partial charge in [0.2, 0.25) is 0 Å². The van der Waals surface area contributed by atoms with E-state index in [0.717, 1.165) is 5.56 Å². The molecule has 2 nitrogen and oxygen atoms in total. The maximum atomic E-state index is 6.95. The molecule has 0 aromatic heterocycles. The maximum absolute atomic E-state index is 6.95. The highest BCUT2D eigenvalue weighted by atomic mass is 35.5. The van der Waals surface area contributed by atoms with E-state index in [2.05, 4.69) is 0 Å². The highest BCUT2D eigenvalue weighted by Gasteiger charge is 1.87. The van der Waals surface area contributed by atoms with Crippen LogP contribution in [0.25, 0.3) is 6.08 Å². The van der Waals surface area contributed by atoms with Crippen molar-refractivity contribution in [1.29, 1.82) is 5.41 Å². The van der Waals surface area contributed by atoms with Gasteiger partial charge in [-0.3, -0.25) is 5.41 Å². The lowest BCUT2D eigenvalue weighted by Gasteiger charge is -1.92. The first-order valence-electron chi connectivity index (χ1n) is 3.46. The number of benzene rings is 1. The van der Waals surface area contributed by atoms with Crippen molar-refractivity contribution in [2.45, 2.75) is 0 Å². The molecule has 0 aliphatic heterocycles. The molecule has 0 heterocycles. The van der Waals surface area contributed by atoms with E-state index in [1.807, 2.05) is 12.1 Å². The minimum atomic E-state index is 0.0463. The monoisotopic (exact) mass is 180 g/mol. The lowest BCUT2D eigenvalue weighted by Crippen LogP contribution is -2.03. The molecule has 0 aliphatic rings. The number of nitrogens with two attached hydrogens (primary N) is 1. The first kappa shape index (κ1) is 8.81. The molecule has 0 spiro atoms. The third-order valence-corrected chi connectivity index (χ3v) is 1.58. The Morgan fingerprint density at radius 3 is 2.42 bits per heavy atom. The molecule has 1 aromatic carbocycles. The second-order valence-corrected chi connectivity index (χ2v) is 2.78. The average Bonchev–Trinajstić information content (AvgIpc) is 2.03. The van der Waals surface area contributed by atoms with E-state index in [1.54, 1.807) is 18.2 Å². The van der Waals surface area contributed by atoms with E-state index in [1.165, 1.54) is 6.08 Å². The molecule has 0 bridgehead atoms. The molecule has 3 N–H and O–H groups in total. The van der Waals surface area contributed by atoms with Crippen LogP contribution in [0, 0.1) is 5.41 Å². The Labute approximate surface area is 76.2 Å². The number of halogens is 1. The summed E-state index contributed by atoms with van der Waals surface area (Å²) in [6.07, 6.45) is 3.29. The van der Waals surface area contributed by atoms with Crippen molar-refractivity contribution in [3.05, 3.63) is 40.9 Å². The van der Waals surface area contributed by atoms with Crippen LogP contribution in [0.4, 0.5) is 0 Å². The molecule has 62 valence electrons. The summed E-state index contributed by atoms with van der Waals surface area (Å²) < 4.78 is 0. The lowest BCUT2D eigenvalue weighted by molar-refractivity contribution is 1.47. The van der Waals surface area contributed by atoms with Crippen molar-refractivity contribution in [2.24, 2.45) is 5.73 Å². The first-order valence-corrected chi connectivity index (χ1v) is 3.84. The van der Waals surface area contributed by atoms with E-state index in [4.69, 9.17) is 22.7 Å². The van der Waals surface area contributed by atoms with Crippen LogP contribution in [0.2, 0.25) is 5.02 Å². The smallest absolute Gasteiger partial charge is 0.115 e. The normalized spacial score (nSPS) is 10.4. The number of hydrogen-bond donors (Lipinski definition) is 2. The summed E-state index contributed by atoms with van der Waals surface area (Å²) in [7, 11) is 0. The zero-order valence-corrected chi connectivity index (χ0v) is 7.18. The van der Waals surface area contributed by atoms with Gasteiger partial charge in [0.15, 0.2) is 0 Å². The van der Waals surface area contributed by atoms with Gasteiger partial charge in [0.05, 0.1) is 0 Å². The zero-order chi connectivity index (χ0) is 8.97. The minimum absolute atomic E-state index is 0.0463. The average molecular weight is 181 g/mol. The van der Waals surface area contributed by atoms with Crippen LogP contribution >= 0.6 is 11.6 Å². The third kappa shape index (κ3) is 2.76. The Hall–Kier alpha value is -1.28. The summed E-state index contributed by atoms with van der Waals surface area (Å²) in [5.41, 5.74) is 6.12. The highest BCUT2D eigenvalue weighted by Crippen LogP contribution is 2.10. The summed E-state index contributed by atoms with van der Waals surface area (Å²) in [5, 5.41) is 7.65. The predicted octanol–water partition coefficient (Wildman–Crippen LogP) is 2.29. The van der Waals surface area contributed by atoms with Crippen molar-refractivity contribution in [1.82, 2.24) is 0 Å². The van der Waals surface area contributed by atoms with Crippen molar-refractivity contribution in [2.75, 3.05) is 0 Å². The maximum Gasteiger partial charge on any atom is 0.115 e. The van der Waals surface area contributed by atoms with E-state index in [-0.39, 0.29) is 5.84 Å². The van der Waals surface area contributed by atoms with Gasteiger partial charge >= 0.3 is 0 Å². The number of amidine groups is 1. The fourth-order valence-corrected chi connectivity index (χ4v) is 0.886. The SMILES string of the molecule is N=C(N)/C=C/c1ccc(Cl)cc1. The molecule has 0 aliphatic carbocycles. The van der Waals surface area contributed by atoms with Gasteiger partial charge in [-0.05, 0) is 23.8 Å². The number of rotatable bonds is 2. The van der Waals surface area contributed by atoms with Gasteiger partial charge in [-0.1, -0.05) is 29.8 Å². The van der Waals surface area contributed by atoms with E-state index < -0.39 is 0 Å². The molecule has 12 heavy (non-hydrogen) atoms. The van der Waals surface area contributed by atoms with Gasteiger partial charge in [-0.2, -0.15) is 0 Å². The Kier molecular flexibility index (Phi) is 2.88. The highest BCUT2D eigenvalue weighted by molar-refractivity contribution is 6.30. The van der Waals surface area contributed by atoms with Crippen molar-refractivity contribution in [3.8, 4) is 0 Å². The molecule has 0 fully saturated rings. The fraction of sp³-hybridized carbons (Fsp3) is 0. The molecular weight excluding hydrogens is 172 g/mol. The van der Waals surface area contributed by atoms with Gasteiger partial charge in [-0.15, -0.1) is 0 Å². The topological polar surface area (TPSA) is 49.9 Å². The lowest BCUT2D eigenvalue weighted by atomic mass is 10.2. The van der Waals surface area contributed by atoms with Crippen molar-refractivity contribution in [3.63, 3.8) is 0 Å². The Bertz CT molecular complexity index is 301. The van der Waals surface area contributed by atoms with Crippen LogP contribution in [0.1, 0.15) is 5.56 Å². The fourth-order valence-electron chi connectivity index (χ4n) is 0.760. The molecule has 0 atom stereocenters. The van der Waals surface area contributed by atoms with Crippen molar-refractivity contribution < 1.29 is 0 Å². The molecular formula is C9H9ClN2. The van der Waals surface area contributed by atoms with Gasteiger partial charge in [0.1, 0.15) is 5.84 Å². The molecule has 0 amide bonds. The van der Waals surface area contributed by atoms with Gasteiger partial charge < -0.3 is 5.73 Å². The quantitative estimate of drug-likeness (QED) is 0.533. The Balaban J connectivity index is 2.77. The van der Waals surface area contributed by atoms with Crippen LogP contribution in [-0.2, 0) is 0 Å². The van der Waals surface area contributed by atoms with E-state index in [9.17, 15) is 0 Å². The molecule has 3 heteroatoms. The van der Waals surface area contributed by atoms with Crippen LogP contribution < -0.4 is 5.73 Å². The van der Waals surface area contributed by atoms with E-state index >= 15 is 0 Å². The third-order valence-electron chi connectivity index (χ3n) is 1.33. The molecule has 0 saturated carbocycles. The summed E-state index contributed by atoms with van der Waals surface area (Å²) in [6.45, 7) is 0. The standard InChI is InChI=1S/C9H9ClN2/c10-8-4-1-7(2-5-8)3-6-9(11)12/h1-6H,(H3,11,12)/b6-3+. The number of hydrogen-bond acceptors (Lipinski definition) is 1. The second kappa shape index (κ2) is 3.93. The summed E-state index contributed by atoms with van der Waals surface area (Å²) in [5.74, 6) is 0.0463. The summed E-state index contributed by atoms with van der Waals surface area (Å²) in [4.78, 5) is 0. The van der Waals surface area contributed by atoms with Gasteiger partial charge in [-0.25, -0.2) is 0 Å². The largest absolute Gasteiger partial charge is 0.384 e. The zero-order valence-electron chi connectivity index (χ0n) is 6.42. The van der Waals surface area contributed by atoms with Crippen LogP contribution in [-0.4, -0.2) is 5.84 Å².